The Labute approximate surface area is 112 Å². The van der Waals surface area contributed by atoms with Crippen molar-refractivity contribution >= 4 is 28.4 Å². The molecule has 0 spiro atoms. The summed E-state index contributed by atoms with van der Waals surface area (Å²) in [6.45, 7) is 11.6. The lowest BCUT2D eigenvalue weighted by molar-refractivity contribution is 0.400. The van der Waals surface area contributed by atoms with Gasteiger partial charge in [0.25, 0.3) is 0 Å². The van der Waals surface area contributed by atoms with Gasteiger partial charge in [0.2, 0.25) is 0 Å². The Morgan fingerprint density at radius 1 is 1.25 bits per heavy atom. The minimum Gasteiger partial charge on any atom is -0.369 e. The lowest BCUT2D eigenvalue weighted by atomic mass is 9.92. The molecular weight excluding hydrogens is 313 g/mol. The Morgan fingerprint density at radius 3 is 2.38 bits per heavy atom. The van der Waals surface area contributed by atoms with Gasteiger partial charge in [-0.2, -0.15) is 0 Å². The predicted molar refractivity (Wildman–Crippen MR) is 76.8 cm³/mol. The van der Waals surface area contributed by atoms with Crippen LogP contribution < -0.4 is 5.32 Å². The van der Waals surface area contributed by atoms with Crippen molar-refractivity contribution in [1.29, 1.82) is 0 Å². The normalized spacial score (nSPS) is 11.6. The number of halogens is 1. The molecule has 0 aromatic carbocycles. The van der Waals surface area contributed by atoms with Gasteiger partial charge in [0.05, 0.1) is 9.26 Å². The molecule has 0 saturated heterocycles. The first-order chi connectivity index (χ1) is 7.33. The van der Waals surface area contributed by atoms with Crippen molar-refractivity contribution in [2.45, 2.75) is 41.0 Å². The molecule has 1 aromatic heterocycles. The third kappa shape index (κ3) is 3.88. The zero-order valence-electron chi connectivity index (χ0n) is 10.7. The monoisotopic (exact) mass is 333 g/mol. The average Bonchev–Trinajstić information content (AvgIpc) is 2.11. The van der Waals surface area contributed by atoms with E-state index < -0.39 is 0 Å². The molecule has 0 saturated carbocycles. The van der Waals surface area contributed by atoms with Crippen molar-refractivity contribution in [2.75, 3.05) is 11.9 Å². The average molecular weight is 333 g/mol. The number of aromatic nitrogens is 2. The van der Waals surface area contributed by atoms with E-state index in [0.29, 0.717) is 0 Å². The fourth-order valence-corrected chi connectivity index (χ4v) is 1.89. The van der Waals surface area contributed by atoms with Crippen molar-refractivity contribution in [3.05, 3.63) is 15.1 Å². The summed E-state index contributed by atoms with van der Waals surface area (Å²) in [6, 6.07) is 0. The van der Waals surface area contributed by atoms with Gasteiger partial charge in [-0.05, 0) is 41.9 Å². The lowest BCUT2D eigenvalue weighted by Gasteiger charge is -2.18. The summed E-state index contributed by atoms with van der Waals surface area (Å²) in [5.74, 6) is 1.90. The number of aryl methyl sites for hydroxylation is 1. The van der Waals surface area contributed by atoms with E-state index in [1.54, 1.807) is 0 Å². The number of hydrogen-bond donors (Lipinski definition) is 1. The molecule has 0 fully saturated rings. The molecule has 1 heterocycles. The Morgan fingerprint density at radius 2 is 1.88 bits per heavy atom. The summed E-state index contributed by atoms with van der Waals surface area (Å²) in [7, 11) is 0. The number of nitrogens with zero attached hydrogens (tertiary/aromatic N) is 2. The smallest absolute Gasteiger partial charge is 0.143 e. The van der Waals surface area contributed by atoms with Crippen molar-refractivity contribution in [1.82, 2.24) is 9.97 Å². The molecule has 90 valence electrons. The summed E-state index contributed by atoms with van der Waals surface area (Å²) in [5, 5.41) is 3.28. The molecule has 0 aliphatic carbocycles. The van der Waals surface area contributed by atoms with Gasteiger partial charge in [-0.25, -0.2) is 9.97 Å². The van der Waals surface area contributed by atoms with Crippen LogP contribution in [0.15, 0.2) is 0 Å². The fourth-order valence-electron chi connectivity index (χ4n) is 1.46. The maximum Gasteiger partial charge on any atom is 0.143 e. The molecule has 1 N–H and O–H groups in total. The first kappa shape index (κ1) is 13.7. The van der Waals surface area contributed by atoms with Crippen LogP contribution in [0.5, 0.6) is 0 Å². The second-order valence-electron chi connectivity index (χ2n) is 5.16. The third-order valence-corrected chi connectivity index (χ3v) is 3.39. The van der Waals surface area contributed by atoms with Crippen LogP contribution in [0.25, 0.3) is 0 Å². The zero-order chi connectivity index (χ0) is 12.3. The van der Waals surface area contributed by atoms with E-state index in [9.17, 15) is 0 Å². The van der Waals surface area contributed by atoms with Crippen molar-refractivity contribution < 1.29 is 0 Å². The largest absolute Gasteiger partial charge is 0.369 e. The van der Waals surface area contributed by atoms with Crippen LogP contribution in [-0.4, -0.2) is 16.5 Å². The lowest BCUT2D eigenvalue weighted by Crippen LogP contribution is -2.15. The number of hydrogen-bond acceptors (Lipinski definition) is 3. The second kappa shape index (κ2) is 5.29. The highest BCUT2D eigenvalue weighted by atomic mass is 127. The highest BCUT2D eigenvalue weighted by molar-refractivity contribution is 14.1. The molecule has 1 rings (SSSR count). The standard InChI is InChI=1S/C12H20IN3/c1-6-14-11-10(13)8(2)15-9(16-11)7-12(3,4)5/h6-7H2,1-5H3,(H,14,15,16). The summed E-state index contributed by atoms with van der Waals surface area (Å²) < 4.78 is 1.12. The van der Waals surface area contributed by atoms with E-state index in [1.807, 2.05) is 6.92 Å². The molecule has 1 aromatic rings. The van der Waals surface area contributed by atoms with Crippen LogP contribution in [0.2, 0.25) is 0 Å². The topological polar surface area (TPSA) is 37.8 Å². The van der Waals surface area contributed by atoms with E-state index in [2.05, 4.69) is 65.6 Å². The fraction of sp³-hybridized carbons (Fsp3) is 0.667. The summed E-state index contributed by atoms with van der Waals surface area (Å²) in [6.07, 6.45) is 0.906. The Balaban J connectivity index is 3.04. The van der Waals surface area contributed by atoms with Gasteiger partial charge < -0.3 is 5.32 Å². The minimum atomic E-state index is 0.225. The molecule has 0 aliphatic rings. The van der Waals surface area contributed by atoms with Gasteiger partial charge in [-0.1, -0.05) is 20.8 Å². The van der Waals surface area contributed by atoms with Gasteiger partial charge in [0.15, 0.2) is 0 Å². The number of rotatable bonds is 3. The highest BCUT2D eigenvalue weighted by Crippen LogP contribution is 2.23. The molecule has 0 atom stereocenters. The third-order valence-electron chi connectivity index (χ3n) is 2.10. The van der Waals surface area contributed by atoms with Crippen molar-refractivity contribution in [3.8, 4) is 0 Å². The van der Waals surface area contributed by atoms with E-state index in [0.717, 1.165) is 33.9 Å². The summed E-state index contributed by atoms with van der Waals surface area (Å²) >= 11 is 2.29. The predicted octanol–water partition coefficient (Wildman–Crippen LogP) is 3.41. The highest BCUT2D eigenvalue weighted by Gasteiger charge is 2.16. The van der Waals surface area contributed by atoms with Crippen LogP contribution in [-0.2, 0) is 6.42 Å². The van der Waals surface area contributed by atoms with Crippen LogP contribution >= 0.6 is 22.6 Å². The Hall–Kier alpha value is -0.390. The van der Waals surface area contributed by atoms with Crippen LogP contribution in [0.3, 0.4) is 0 Å². The first-order valence-corrected chi connectivity index (χ1v) is 6.68. The summed E-state index contributed by atoms with van der Waals surface area (Å²) in [4.78, 5) is 9.12. The molecule has 0 unspecified atom stereocenters. The van der Waals surface area contributed by atoms with Gasteiger partial charge in [0, 0.05) is 13.0 Å². The van der Waals surface area contributed by atoms with Gasteiger partial charge in [-0.3, -0.25) is 0 Å². The minimum absolute atomic E-state index is 0.225. The van der Waals surface area contributed by atoms with Gasteiger partial charge >= 0.3 is 0 Å². The summed E-state index contributed by atoms with van der Waals surface area (Å²) in [5.41, 5.74) is 1.29. The second-order valence-corrected chi connectivity index (χ2v) is 6.23. The zero-order valence-corrected chi connectivity index (χ0v) is 12.8. The maximum absolute atomic E-state index is 4.58. The maximum atomic E-state index is 4.58. The molecule has 0 radical (unpaired) electrons. The SMILES string of the molecule is CCNc1nc(CC(C)(C)C)nc(C)c1I. The van der Waals surface area contributed by atoms with E-state index in [-0.39, 0.29) is 5.41 Å². The molecular formula is C12H20IN3. The molecule has 0 bridgehead atoms. The quantitative estimate of drug-likeness (QED) is 0.862. The molecule has 0 aliphatic heterocycles. The van der Waals surface area contributed by atoms with Crippen LogP contribution in [0.1, 0.15) is 39.2 Å². The van der Waals surface area contributed by atoms with Crippen molar-refractivity contribution in [2.24, 2.45) is 5.41 Å². The number of anilines is 1. The Kier molecular flexibility index (Phi) is 4.52. The van der Waals surface area contributed by atoms with Crippen LogP contribution in [0, 0.1) is 15.9 Å². The first-order valence-electron chi connectivity index (χ1n) is 5.60. The van der Waals surface area contributed by atoms with Gasteiger partial charge in [0.1, 0.15) is 11.6 Å². The van der Waals surface area contributed by atoms with Crippen molar-refractivity contribution in [3.63, 3.8) is 0 Å². The van der Waals surface area contributed by atoms with E-state index in [4.69, 9.17) is 0 Å². The molecule has 4 heteroatoms. The Bertz CT molecular complexity index is 369. The molecule has 16 heavy (non-hydrogen) atoms. The van der Waals surface area contributed by atoms with Gasteiger partial charge in [-0.15, -0.1) is 0 Å². The molecule has 0 amide bonds. The molecule has 3 nitrogen and oxygen atoms in total. The van der Waals surface area contributed by atoms with E-state index >= 15 is 0 Å². The number of nitrogens with one attached hydrogen (secondary N) is 1. The van der Waals surface area contributed by atoms with E-state index in [1.165, 1.54) is 0 Å². The van der Waals surface area contributed by atoms with Crippen LogP contribution in [0.4, 0.5) is 5.82 Å².